The zero-order valence-electron chi connectivity index (χ0n) is 9.91. The maximum atomic E-state index is 10.1. The van der Waals surface area contributed by atoms with Gasteiger partial charge >= 0.3 is 0 Å². The standard InChI is InChI=1S/C14H12Cl2INO/c15-10-3-1-9(2-4-10)14(19)8-18-13-6-5-11(17)7-12(13)16/h1-7,14,18-19H,8H2. The van der Waals surface area contributed by atoms with Gasteiger partial charge in [0, 0.05) is 15.1 Å². The van der Waals surface area contributed by atoms with Crippen LogP contribution < -0.4 is 5.32 Å². The second-order valence-corrected chi connectivity index (χ2v) is 6.16. The van der Waals surface area contributed by atoms with E-state index in [2.05, 4.69) is 27.9 Å². The van der Waals surface area contributed by atoms with Crippen molar-refractivity contribution in [1.29, 1.82) is 0 Å². The fourth-order valence-electron chi connectivity index (χ4n) is 1.64. The summed E-state index contributed by atoms with van der Waals surface area (Å²) in [5.74, 6) is 0. The van der Waals surface area contributed by atoms with Crippen molar-refractivity contribution in [2.24, 2.45) is 0 Å². The van der Waals surface area contributed by atoms with Crippen molar-refractivity contribution in [3.05, 3.63) is 61.6 Å². The Morgan fingerprint density at radius 1 is 1.11 bits per heavy atom. The van der Waals surface area contributed by atoms with Crippen LogP contribution in [-0.4, -0.2) is 11.7 Å². The second kappa shape index (κ2) is 6.79. The van der Waals surface area contributed by atoms with Crippen LogP contribution in [0.1, 0.15) is 11.7 Å². The molecule has 0 bridgehead atoms. The maximum Gasteiger partial charge on any atom is 0.0962 e. The summed E-state index contributed by atoms with van der Waals surface area (Å²) in [5.41, 5.74) is 1.63. The van der Waals surface area contributed by atoms with E-state index >= 15 is 0 Å². The van der Waals surface area contributed by atoms with Crippen molar-refractivity contribution in [2.75, 3.05) is 11.9 Å². The number of anilines is 1. The zero-order chi connectivity index (χ0) is 13.8. The summed E-state index contributed by atoms with van der Waals surface area (Å²) in [6.45, 7) is 0.391. The van der Waals surface area contributed by atoms with Gasteiger partial charge in [0.1, 0.15) is 0 Å². The molecule has 2 aromatic carbocycles. The minimum absolute atomic E-state index is 0.391. The van der Waals surface area contributed by atoms with Gasteiger partial charge in [-0.1, -0.05) is 35.3 Å². The van der Waals surface area contributed by atoms with Crippen LogP contribution in [0.15, 0.2) is 42.5 Å². The van der Waals surface area contributed by atoms with Gasteiger partial charge in [-0.15, -0.1) is 0 Å². The molecule has 0 aliphatic carbocycles. The van der Waals surface area contributed by atoms with Gasteiger partial charge in [-0.3, -0.25) is 0 Å². The van der Waals surface area contributed by atoms with E-state index in [0.29, 0.717) is 16.6 Å². The van der Waals surface area contributed by atoms with E-state index in [1.54, 1.807) is 12.1 Å². The summed E-state index contributed by atoms with van der Waals surface area (Å²) >= 11 is 14.1. The molecule has 1 unspecified atom stereocenters. The van der Waals surface area contributed by atoms with Crippen LogP contribution in [-0.2, 0) is 0 Å². The van der Waals surface area contributed by atoms with Crippen LogP contribution in [0.3, 0.4) is 0 Å². The third-order valence-electron chi connectivity index (χ3n) is 2.67. The lowest BCUT2D eigenvalue weighted by atomic mass is 10.1. The van der Waals surface area contributed by atoms with Crippen LogP contribution in [0.4, 0.5) is 5.69 Å². The molecule has 0 amide bonds. The predicted molar refractivity (Wildman–Crippen MR) is 89.1 cm³/mol. The zero-order valence-corrected chi connectivity index (χ0v) is 13.6. The Morgan fingerprint density at radius 2 is 1.79 bits per heavy atom. The summed E-state index contributed by atoms with van der Waals surface area (Å²) < 4.78 is 1.08. The fraction of sp³-hybridized carbons (Fsp3) is 0.143. The third-order valence-corrected chi connectivity index (χ3v) is 3.91. The quantitative estimate of drug-likeness (QED) is 0.717. The number of halogens is 3. The van der Waals surface area contributed by atoms with Gasteiger partial charge in [0.15, 0.2) is 0 Å². The SMILES string of the molecule is OC(CNc1ccc(I)cc1Cl)c1ccc(Cl)cc1. The predicted octanol–water partition coefficient (Wildman–Crippen LogP) is 4.74. The Morgan fingerprint density at radius 3 is 2.42 bits per heavy atom. The first-order valence-electron chi connectivity index (χ1n) is 5.69. The van der Waals surface area contributed by atoms with Crippen molar-refractivity contribution >= 4 is 51.5 Å². The van der Waals surface area contributed by atoms with Crippen LogP contribution in [0.2, 0.25) is 10.0 Å². The fourth-order valence-corrected chi connectivity index (χ4v) is 2.69. The molecular weight excluding hydrogens is 396 g/mol. The minimum atomic E-state index is -0.604. The highest BCUT2D eigenvalue weighted by molar-refractivity contribution is 14.1. The van der Waals surface area contributed by atoms with Crippen molar-refractivity contribution in [1.82, 2.24) is 0 Å². The lowest BCUT2D eigenvalue weighted by Crippen LogP contribution is -2.12. The van der Waals surface area contributed by atoms with E-state index in [1.165, 1.54) is 0 Å². The van der Waals surface area contributed by atoms with E-state index in [1.807, 2.05) is 30.3 Å². The number of hydrogen-bond acceptors (Lipinski definition) is 2. The second-order valence-electron chi connectivity index (χ2n) is 4.07. The van der Waals surface area contributed by atoms with E-state index < -0.39 is 6.10 Å². The van der Waals surface area contributed by atoms with Gasteiger partial charge in [-0.05, 0) is 58.5 Å². The molecule has 0 aromatic heterocycles. The van der Waals surface area contributed by atoms with E-state index in [-0.39, 0.29) is 0 Å². The Labute approximate surface area is 135 Å². The highest BCUT2D eigenvalue weighted by Gasteiger charge is 2.08. The van der Waals surface area contributed by atoms with Gasteiger partial charge in [0.25, 0.3) is 0 Å². The lowest BCUT2D eigenvalue weighted by molar-refractivity contribution is 0.191. The van der Waals surface area contributed by atoms with Gasteiger partial charge in [0.05, 0.1) is 16.8 Å². The summed E-state index contributed by atoms with van der Waals surface area (Å²) in [7, 11) is 0. The molecule has 0 aliphatic heterocycles. The Bertz CT molecular complexity index is 560. The minimum Gasteiger partial charge on any atom is -0.387 e. The van der Waals surface area contributed by atoms with E-state index in [0.717, 1.165) is 14.8 Å². The molecule has 2 nitrogen and oxygen atoms in total. The highest BCUT2D eigenvalue weighted by atomic mass is 127. The summed E-state index contributed by atoms with van der Waals surface area (Å²) in [6.07, 6.45) is -0.604. The molecule has 2 rings (SSSR count). The molecule has 2 aromatic rings. The Kier molecular flexibility index (Phi) is 5.33. The molecule has 0 aliphatic rings. The highest BCUT2D eigenvalue weighted by Crippen LogP contribution is 2.25. The molecule has 0 saturated carbocycles. The molecule has 0 spiro atoms. The lowest BCUT2D eigenvalue weighted by Gasteiger charge is -2.14. The van der Waals surface area contributed by atoms with Crippen LogP contribution in [0, 0.1) is 3.57 Å². The number of benzene rings is 2. The average Bonchev–Trinajstić information content (AvgIpc) is 2.38. The maximum absolute atomic E-state index is 10.1. The summed E-state index contributed by atoms with van der Waals surface area (Å²) in [4.78, 5) is 0. The first-order valence-corrected chi connectivity index (χ1v) is 7.52. The monoisotopic (exact) mass is 407 g/mol. The molecule has 0 heterocycles. The van der Waals surface area contributed by atoms with Gasteiger partial charge < -0.3 is 10.4 Å². The van der Waals surface area contributed by atoms with Gasteiger partial charge in [0.2, 0.25) is 0 Å². The Hall–Kier alpha value is -0.490. The Balaban J connectivity index is 2.00. The van der Waals surface area contributed by atoms with Crippen LogP contribution in [0.5, 0.6) is 0 Å². The van der Waals surface area contributed by atoms with Crippen molar-refractivity contribution < 1.29 is 5.11 Å². The van der Waals surface area contributed by atoms with Crippen molar-refractivity contribution in [3.8, 4) is 0 Å². The van der Waals surface area contributed by atoms with Crippen molar-refractivity contribution in [3.63, 3.8) is 0 Å². The summed E-state index contributed by atoms with van der Waals surface area (Å²) in [6, 6.07) is 12.9. The van der Waals surface area contributed by atoms with Crippen LogP contribution in [0.25, 0.3) is 0 Å². The van der Waals surface area contributed by atoms with Crippen LogP contribution >= 0.6 is 45.8 Å². The number of nitrogens with one attached hydrogen (secondary N) is 1. The molecular formula is C14H12Cl2INO. The number of aliphatic hydroxyl groups excluding tert-OH is 1. The van der Waals surface area contributed by atoms with E-state index in [9.17, 15) is 5.11 Å². The van der Waals surface area contributed by atoms with Crippen molar-refractivity contribution in [2.45, 2.75) is 6.10 Å². The molecule has 19 heavy (non-hydrogen) atoms. The summed E-state index contributed by atoms with van der Waals surface area (Å²) in [5, 5.41) is 14.5. The average molecular weight is 408 g/mol. The number of aliphatic hydroxyl groups is 1. The molecule has 1 atom stereocenters. The molecule has 0 saturated heterocycles. The molecule has 0 fully saturated rings. The normalized spacial score (nSPS) is 12.2. The van der Waals surface area contributed by atoms with E-state index in [4.69, 9.17) is 23.2 Å². The number of hydrogen-bond donors (Lipinski definition) is 2. The van der Waals surface area contributed by atoms with Gasteiger partial charge in [-0.25, -0.2) is 0 Å². The molecule has 0 radical (unpaired) electrons. The smallest absolute Gasteiger partial charge is 0.0962 e. The third kappa shape index (κ3) is 4.24. The largest absolute Gasteiger partial charge is 0.387 e. The number of rotatable bonds is 4. The van der Waals surface area contributed by atoms with Gasteiger partial charge in [-0.2, -0.15) is 0 Å². The molecule has 100 valence electrons. The first kappa shape index (κ1) is 14.9. The topological polar surface area (TPSA) is 32.3 Å². The first-order chi connectivity index (χ1) is 9.06. The molecule has 2 N–H and O–H groups in total. The molecule has 5 heteroatoms.